The number of hydrogen-bond acceptors (Lipinski definition) is 2. The van der Waals surface area contributed by atoms with Crippen LogP contribution in [-0.4, -0.2) is 21.4 Å². The van der Waals surface area contributed by atoms with E-state index in [1.807, 2.05) is 6.92 Å². The van der Waals surface area contributed by atoms with E-state index in [-0.39, 0.29) is 0 Å². The van der Waals surface area contributed by atoms with E-state index in [1.54, 1.807) is 0 Å². The van der Waals surface area contributed by atoms with Gasteiger partial charge in [-0.15, -0.1) is 0 Å². The normalized spacial score (nSPS) is 62.2. The van der Waals surface area contributed by atoms with E-state index in [2.05, 4.69) is 6.92 Å². The summed E-state index contributed by atoms with van der Waals surface area (Å²) in [4.78, 5) is 0. The largest absolute Gasteiger partial charge is 0.387 e. The minimum absolute atomic E-state index is 0.306. The smallest absolute Gasteiger partial charge is 0.0963 e. The Morgan fingerprint density at radius 1 is 1.09 bits per heavy atom. The molecule has 0 aromatic carbocycles. The van der Waals surface area contributed by atoms with Crippen LogP contribution >= 0.6 is 0 Å². The zero-order valence-corrected chi connectivity index (χ0v) is 7.17. The molecule has 0 spiro atoms. The molecule has 2 rings (SSSR count). The third kappa shape index (κ3) is 0.798. The molecule has 0 aromatic heterocycles. The van der Waals surface area contributed by atoms with E-state index < -0.39 is 11.2 Å². The van der Waals surface area contributed by atoms with E-state index in [0.717, 1.165) is 19.3 Å². The van der Waals surface area contributed by atoms with Crippen LogP contribution in [0.5, 0.6) is 0 Å². The third-order valence-electron chi connectivity index (χ3n) is 3.45. The number of rotatable bonds is 1. The molecule has 2 nitrogen and oxygen atoms in total. The Labute approximate surface area is 67.2 Å². The SMILES string of the molecule is CC1CC(O)(C2(O)CC2C)C1. The second-order valence-electron chi connectivity index (χ2n) is 4.57. The zero-order valence-electron chi connectivity index (χ0n) is 7.17. The van der Waals surface area contributed by atoms with Gasteiger partial charge in [-0.1, -0.05) is 13.8 Å². The van der Waals surface area contributed by atoms with Crippen molar-refractivity contribution in [2.24, 2.45) is 11.8 Å². The summed E-state index contributed by atoms with van der Waals surface area (Å²) in [7, 11) is 0. The summed E-state index contributed by atoms with van der Waals surface area (Å²) in [6, 6.07) is 0. The summed E-state index contributed by atoms with van der Waals surface area (Å²) in [5, 5.41) is 19.7. The van der Waals surface area contributed by atoms with Crippen molar-refractivity contribution in [3.05, 3.63) is 0 Å². The van der Waals surface area contributed by atoms with Gasteiger partial charge in [0.15, 0.2) is 0 Å². The molecule has 0 saturated heterocycles. The van der Waals surface area contributed by atoms with Crippen molar-refractivity contribution in [3.63, 3.8) is 0 Å². The minimum Gasteiger partial charge on any atom is -0.387 e. The van der Waals surface area contributed by atoms with Gasteiger partial charge in [-0.3, -0.25) is 0 Å². The first-order chi connectivity index (χ1) is 4.98. The zero-order chi connectivity index (χ0) is 8.28. The topological polar surface area (TPSA) is 40.5 Å². The lowest BCUT2D eigenvalue weighted by molar-refractivity contribution is -0.168. The second-order valence-corrected chi connectivity index (χ2v) is 4.57. The molecule has 0 amide bonds. The fourth-order valence-corrected chi connectivity index (χ4v) is 2.50. The first-order valence-electron chi connectivity index (χ1n) is 4.43. The van der Waals surface area contributed by atoms with Crippen LogP contribution < -0.4 is 0 Å². The third-order valence-corrected chi connectivity index (χ3v) is 3.45. The van der Waals surface area contributed by atoms with Crippen LogP contribution in [0.2, 0.25) is 0 Å². The van der Waals surface area contributed by atoms with Crippen LogP contribution in [0.1, 0.15) is 33.1 Å². The van der Waals surface area contributed by atoms with Crippen molar-refractivity contribution < 1.29 is 10.2 Å². The molecule has 2 unspecified atom stereocenters. The molecular weight excluding hydrogens is 140 g/mol. The first-order valence-corrected chi connectivity index (χ1v) is 4.43. The van der Waals surface area contributed by atoms with E-state index >= 15 is 0 Å². The molecule has 64 valence electrons. The fourth-order valence-electron chi connectivity index (χ4n) is 2.50. The van der Waals surface area contributed by atoms with Crippen LogP contribution in [0.4, 0.5) is 0 Å². The molecule has 2 fully saturated rings. The number of hydrogen-bond donors (Lipinski definition) is 2. The van der Waals surface area contributed by atoms with Crippen LogP contribution in [0, 0.1) is 11.8 Å². The molecule has 0 heterocycles. The molecule has 0 aliphatic heterocycles. The van der Waals surface area contributed by atoms with Gasteiger partial charge < -0.3 is 10.2 Å². The maximum Gasteiger partial charge on any atom is 0.0963 e. The van der Waals surface area contributed by atoms with Crippen molar-refractivity contribution in [2.75, 3.05) is 0 Å². The van der Waals surface area contributed by atoms with Crippen molar-refractivity contribution in [1.82, 2.24) is 0 Å². The summed E-state index contributed by atoms with van der Waals surface area (Å²) in [6.07, 6.45) is 2.36. The molecule has 11 heavy (non-hydrogen) atoms. The van der Waals surface area contributed by atoms with Gasteiger partial charge >= 0.3 is 0 Å². The highest BCUT2D eigenvalue weighted by molar-refractivity contribution is 5.18. The van der Waals surface area contributed by atoms with Crippen LogP contribution in [-0.2, 0) is 0 Å². The predicted octanol–water partition coefficient (Wildman–Crippen LogP) is 0.918. The summed E-state index contributed by atoms with van der Waals surface area (Å²) in [5.74, 6) is 0.900. The highest BCUT2D eigenvalue weighted by Gasteiger charge is 2.66. The molecule has 2 aliphatic carbocycles. The summed E-state index contributed by atoms with van der Waals surface area (Å²) in [6.45, 7) is 4.12. The van der Waals surface area contributed by atoms with Crippen LogP contribution in [0.25, 0.3) is 0 Å². The molecular formula is C9H16O2. The molecule has 0 aromatic rings. The first kappa shape index (κ1) is 7.56. The lowest BCUT2D eigenvalue weighted by atomic mass is 9.67. The van der Waals surface area contributed by atoms with Crippen molar-refractivity contribution in [1.29, 1.82) is 0 Å². The van der Waals surface area contributed by atoms with Crippen LogP contribution in [0.3, 0.4) is 0 Å². The van der Waals surface area contributed by atoms with Gasteiger partial charge in [-0.2, -0.15) is 0 Å². The lowest BCUT2D eigenvalue weighted by Crippen LogP contribution is -2.54. The quantitative estimate of drug-likeness (QED) is 0.592. The molecule has 2 aliphatic rings. The van der Waals surface area contributed by atoms with Gasteiger partial charge in [0.25, 0.3) is 0 Å². The van der Waals surface area contributed by atoms with Crippen molar-refractivity contribution in [2.45, 2.75) is 44.3 Å². The molecule has 0 bridgehead atoms. The molecule has 0 radical (unpaired) electrons. The standard InChI is InChI=1S/C9H16O2/c1-6-3-8(10,4-6)9(11)5-7(9)2/h6-7,10-11H,3-5H2,1-2H3. The Kier molecular flexibility index (Phi) is 1.24. The highest BCUT2D eigenvalue weighted by atomic mass is 16.4. The Hall–Kier alpha value is -0.0800. The van der Waals surface area contributed by atoms with E-state index in [0.29, 0.717) is 11.8 Å². The molecule has 2 N–H and O–H groups in total. The molecule has 2 atom stereocenters. The van der Waals surface area contributed by atoms with Crippen molar-refractivity contribution in [3.8, 4) is 0 Å². The van der Waals surface area contributed by atoms with Gasteiger partial charge in [0, 0.05) is 0 Å². The van der Waals surface area contributed by atoms with Gasteiger partial charge in [0.2, 0.25) is 0 Å². The van der Waals surface area contributed by atoms with E-state index in [4.69, 9.17) is 0 Å². The maximum atomic E-state index is 9.90. The highest BCUT2D eigenvalue weighted by Crippen LogP contribution is 2.59. The van der Waals surface area contributed by atoms with E-state index in [1.165, 1.54) is 0 Å². The second kappa shape index (κ2) is 1.80. The Balaban J connectivity index is 2.06. The van der Waals surface area contributed by atoms with Gasteiger partial charge in [0.05, 0.1) is 11.2 Å². The summed E-state index contributed by atoms with van der Waals surface area (Å²) >= 11 is 0. The minimum atomic E-state index is -0.730. The lowest BCUT2D eigenvalue weighted by Gasteiger charge is -2.46. The average molecular weight is 156 g/mol. The number of aliphatic hydroxyl groups is 2. The van der Waals surface area contributed by atoms with E-state index in [9.17, 15) is 10.2 Å². The maximum absolute atomic E-state index is 9.90. The van der Waals surface area contributed by atoms with Crippen molar-refractivity contribution >= 4 is 0 Å². The van der Waals surface area contributed by atoms with Gasteiger partial charge in [-0.05, 0) is 31.1 Å². The Morgan fingerprint density at radius 2 is 1.55 bits per heavy atom. The Bertz CT molecular complexity index is 184. The molecule has 2 heteroatoms. The predicted molar refractivity (Wildman–Crippen MR) is 42.1 cm³/mol. The monoisotopic (exact) mass is 156 g/mol. The fraction of sp³-hybridized carbons (Fsp3) is 1.00. The Morgan fingerprint density at radius 3 is 1.82 bits per heavy atom. The summed E-state index contributed by atoms with van der Waals surface area (Å²) in [5.41, 5.74) is -1.45. The van der Waals surface area contributed by atoms with Gasteiger partial charge in [-0.25, -0.2) is 0 Å². The van der Waals surface area contributed by atoms with Gasteiger partial charge in [0.1, 0.15) is 0 Å². The molecule has 2 saturated carbocycles. The average Bonchev–Trinajstić information content (AvgIpc) is 2.39. The summed E-state index contributed by atoms with van der Waals surface area (Å²) < 4.78 is 0. The van der Waals surface area contributed by atoms with Crippen LogP contribution in [0.15, 0.2) is 0 Å².